The maximum absolute atomic E-state index is 13.3. The molecule has 2 aromatic rings. The van der Waals surface area contributed by atoms with Gasteiger partial charge in [0.2, 0.25) is 5.91 Å². The Morgan fingerprint density at radius 1 is 1.00 bits per heavy atom. The summed E-state index contributed by atoms with van der Waals surface area (Å²) in [6.07, 6.45) is 0. The molecule has 148 valence electrons. The van der Waals surface area contributed by atoms with E-state index in [1.54, 1.807) is 36.1 Å². The summed E-state index contributed by atoms with van der Waals surface area (Å²) < 4.78 is 26.3. The third kappa shape index (κ3) is 4.66. The second kappa shape index (κ2) is 8.67. The van der Waals surface area contributed by atoms with Gasteiger partial charge in [0, 0.05) is 48.5 Å². The molecule has 1 heterocycles. The normalized spacial score (nSPS) is 15.9. The predicted octanol–water partition coefficient (Wildman–Crippen LogP) is 3.40. The molecule has 0 saturated carbocycles. The number of carbonyl (C=O) groups is 2. The van der Waals surface area contributed by atoms with Gasteiger partial charge in [-0.05, 0) is 43.3 Å². The van der Waals surface area contributed by atoms with E-state index < -0.39 is 17.7 Å². The van der Waals surface area contributed by atoms with E-state index in [0.717, 1.165) is 12.1 Å². The van der Waals surface area contributed by atoms with Crippen LogP contribution in [0.2, 0.25) is 5.02 Å². The Kier molecular flexibility index (Phi) is 6.26. The van der Waals surface area contributed by atoms with Crippen molar-refractivity contribution >= 4 is 29.1 Å². The average molecular weight is 408 g/mol. The van der Waals surface area contributed by atoms with E-state index in [0.29, 0.717) is 36.8 Å². The molecule has 5 nitrogen and oxygen atoms in total. The van der Waals surface area contributed by atoms with E-state index in [1.807, 2.05) is 4.90 Å². The summed E-state index contributed by atoms with van der Waals surface area (Å²) in [5, 5.41) is 3.16. The monoisotopic (exact) mass is 407 g/mol. The van der Waals surface area contributed by atoms with Crippen molar-refractivity contribution in [3.63, 3.8) is 0 Å². The molecule has 2 aromatic carbocycles. The van der Waals surface area contributed by atoms with Gasteiger partial charge in [-0.1, -0.05) is 11.6 Å². The van der Waals surface area contributed by atoms with Gasteiger partial charge >= 0.3 is 0 Å². The molecule has 2 amide bonds. The van der Waals surface area contributed by atoms with Crippen molar-refractivity contribution < 1.29 is 18.4 Å². The molecule has 1 fully saturated rings. The first kappa shape index (κ1) is 20.2. The fourth-order valence-electron chi connectivity index (χ4n) is 3.07. The van der Waals surface area contributed by atoms with Gasteiger partial charge < -0.3 is 10.2 Å². The van der Waals surface area contributed by atoms with Crippen LogP contribution in [0.3, 0.4) is 0 Å². The number of amides is 2. The quantitative estimate of drug-likeness (QED) is 0.845. The van der Waals surface area contributed by atoms with E-state index in [-0.39, 0.29) is 17.5 Å². The molecule has 0 radical (unpaired) electrons. The first-order chi connectivity index (χ1) is 13.3. The predicted molar refractivity (Wildman–Crippen MR) is 103 cm³/mol. The van der Waals surface area contributed by atoms with Crippen LogP contribution in [0.15, 0.2) is 42.5 Å². The molecular weight excluding hydrogens is 388 g/mol. The van der Waals surface area contributed by atoms with Crippen LogP contribution in [-0.4, -0.2) is 53.8 Å². The minimum Gasteiger partial charge on any atom is -0.336 e. The Morgan fingerprint density at radius 3 is 2.25 bits per heavy atom. The molecule has 1 aliphatic rings. The van der Waals surface area contributed by atoms with Gasteiger partial charge in [-0.15, -0.1) is 0 Å². The van der Waals surface area contributed by atoms with Crippen molar-refractivity contribution in [2.24, 2.45) is 0 Å². The number of anilines is 1. The van der Waals surface area contributed by atoms with Crippen molar-refractivity contribution in [1.82, 2.24) is 9.80 Å². The highest BCUT2D eigenvalue weighted by molar-refractivity contribution is 6.30. The van der Waals surface area contributed by atoms with Crippen LogP contribution in [0.25, 0.3) is 0 Å². The van der Waals surface area contributed by atoms with Gasteiger partial charge in [0.1, 0.15) is 0 Å². The lowest BCUT2D eigenvalue weighted by Gasteiger charge is -2.37. The second-order valence-electron chi connectivity index (χ2n) is 6.63. The third-order valence-corrected chi connectivity index (χ3v) is 5.06. The highest BCUT2D eigenvalue weighted by Gasteiger charge is 2.28. The van der Waals surface area contributed by atoms with Crippen molar-refractivity contribution in [1.29, 1.82) is 0 Å². The molecule has 0 aromatic heterocycles. The topological polar surface area (TPSA) is 52.7 Å². The van der Waals surface area contributed by atoms with Crippen LogP contribution >= 0.6 is 11.6 Å². The minimum atomic E-state index is -1.01. The lowest BCUT2D eigenvalue weighted by molar-refractivity contribution is -0.121. The highest BCUT2D eigenvalue weighted by atomic mass is 35.5. The molecular formula is C20H20ClF2N3O2. The summed E-state index contributed by atoms with van der Waals surface area (Å²) in [6, 6.07) is 9.49. The van der Waals surface area contributed by atoms with E-state index >= 15 is 0 Å². The number of nitrogens with zero attached hydrogens (tertiary/aromatic N) is 2. The SMILES string of the molecule is CC(C(=O)Nc1ccc(F)c(F)c1)N1CCN(C(=O)c2ccc(Cl)cc2)CC1. The molecule has 0 spiro atoms. The van der Waals surface area contributed by atoms with Crippen LogP contribution in [0.4, 0.5) is 14.5 Å². The molecule has 1 atom stereocenters. The minimum absolute atomic E-state index is 0.0739. The van der Waals surface area contributed by atoms with Gasteiger partial charge in [0.15, 0.2) is 11.6 Å². The Labute approximate surface area is 166 Å². The molecule has 28 heavy (non-hydrogen) atoms. The van der Waals surface area contributed by atoms with Gasteiger partial charge in [-0.2, -0.15) is 0 Å². The summed E-state index contributed by atoms with van der Waals surface area (Å²) in [5.74, 6) is -2.37. The van der Waals surface area contributed by atoms with Gasteiger partial charge in [-0.3, -0.25) is 14.5 Å². The molecule has 0 aliphatic carbocycles. The third-order valence-electron chi connectivity index (χ3n) is 4.81. The number of benzene rings is 2. The Bertz CT molecular complexity index is 868. The van der Waals surface area contributed by atoms with Crippen molar-refractivity contribution in [3.8, 4) is 0 Å². The van der Waals surface area contributed by atoms with Crippen LogP contribution in [0.5, 0.6) is 0 Å². The zero-order valence-corrected chi connectivity index (χ0v) is 16.0. The number of carbonyl (C=O) groups excluding carboxylic acids is 2. The standard InChI is InChI=1S/C20H20ClF2N3O2/c1-13(19(27)24-16-6-7-17(22)18(23)12-16)25-8-10-26(11-9-25)20(28)14-2-4-15(21)5-3-14/h2-7,12-13H,8-11H2,1H3,(H,24,27). The number of nitrogens with one attached hydrogen (secondary N) is 1. The molecule has 0 bridgehead atoms. The number of rotatable bonds is 4. The number of piperazine rings is 1. The molecule has 3 rings (SSSR count). The maximum atomic E-state index is 13.3. The Hall–Kier alpha value is -2.51. The number of hydrogen-bond donors (Lipinski definition) is 1. The summed E-state index contributed by atoms with van der Waals surface area (Å²) in [4.78, 5) is 28.6. The zero-order valence-electron chi connectivity index (χ0n) is 15.3. The highest BCUT2D eigenvalue weighted by Crippen LogP contribution is 2.16. The number of halogens is 3. The summed E-state index contributed by atoms with van der Waals surface area (Å²) in [5.41, 5.74) is 0.772. The Morgan fingerprint density at radius 2 is 1.64 bits per heavy atom. The second-order valence-corrected chi connectivity index (χ2v) is 7.07. The summed E-state index contributed by atoms with van der Waals surface area (Å²) in [6.45, 7) is 3.79. The Balaban J connectivity index is 1.54. The first-order valence-electron chi connectivity index (χ1n) is 8.90. The average Bonchev–Trinajstić information content (AvgIpc) is 2.70. The van der Waals surface area contributed by atoms with Crippen LogP contribution in [0, 0.1) is 11.6 Å². The summed E-state index contributed by atoms with van der Waals surface area (Å²) in [7, 11) is 0. The fourth-order valence-corrected chi connectivity index (χ4v) is 3.20. The van der Waals surface area contributed by atoms with E-state index in [4.69, 9.17) is 11.6 Å². The lowest BCUT2D eigenvalue weighted by Crippen LogP contribution is -2.54. The smallest absolute Gasteiger partial charge is 0.253 e. The summed E-state index contributed by atoms with van der Waals surface area (Å²) >= 11 is 5.85. The number of hydrogen-bond acceptors (Lipinski definition) is 3. The van der Waals surface area contributed by atoms with Crippen molar-refractivity contribution in [3.05, 3.63) is 64.7 Å². The van der Waals surface area contributed by atoms with Gasteiger partial charge in [0.25, 0.3) is 5.91 Å². The molecule has 1 saturated heterocycles. The molecule has 1 unspecified atom stereocenters. The van der Waals surface area contributed by atoms with Gasteiger partial charge in [-0.25, -0.2) is 8.78 Å². The first-order valence-corrected chi connectivity index (χ1v) is 9.28. The molecule has 8 heteroatoms. The van der Waals surface area contributed by atoms with Crippen LogP contribution < -0.4 is 5.32 Å². The van der Waals surface area contributed by atoms with E-state index in [2.05, 4.69) is 5.32 Å². The van der Waals surface area contributed by atoms with E-state index in [9.17, 15) is 18.4 Å². The van der Waals surface area contributed by atoms with Crippen LogP contribution in [0.1, 0.15) is 17.3 Å². The largest absolute Gasteiger partial charge is 0.336 e. The van der Waals surface area contributed by atoms with Crippen molar-refractivity contribution in [2.75, 3.05) is 31.5 Å². The lowest BCUT2D eigenvalue weighted by atomic mass is 10.1. The van der Waals surface area contributed by atoms with Crippen molar-refractivity contribution in [2.45, 2.75) is 13.0 Å². The van der Waals surface area contributed by atoms with Crippen LogP contribution in [-0.2, 0) is 4.79 Å². The van der Waals surface area contributed by atoms with E-state index in [1.165, 1.54) is 6.07 Å². The molecule has 1 aliphatic heterocycles. The fraction of sp³-hybridized carbons (Fsp3) is 0.300. The molecule has 1 N–H and O–H groups in total. The zero-order chi connectivity index (χ0) is 20.3. The maximum Gasteiger partial charge on any atom is 0.253 e. The van der Waals surface area contributed by atoms with Gasteiger partial charge in [0.05, 0.1) is 6.04 Å².